The van der Waals surface area contributed by atoms with Crippen LogP contribution in [0.5, 0.6) is 0 Å². The Morgan fingerprint density at radius 3 is 2.19 bits per heavy atom. The summed E-state index contributed by atoms with van der Waals surface area (Å²) in [6.45, 7) is 24.3. The van der Waals surface area contributed by atoms with Crippen LogP contribution in [0.3, 0.4) is 0 Å². The molecule has 248 valence electrons. The van der Waals surface area contributed by atoms with E-state index in [1.807, 2.05) is 0 Å². The van der Waals surface area contributed by atoms with Crippen molar-refractivity contribution in [3.8, 4) is 0 Å². The van der Waals surface area contributed by atoms with Crippen molar-refractivity contribution in [3.05, 3.63) is 11.6 Å². The highest BCUT2D eigenvalue weighted by atomic mass is 16.4. The molecule has 3 saturated carbocycles. The van der Waals surface area contributed by atoms with Crippen molar-refractivity contribution >= 4 is 5.97 Å². The van der Waals surface area contributed by atoms with Crippen LogP contribution in [0.1, 0.15) is 133 Å². The first kappa shape index (κ1) is 35.0. The van der Waals surface area contributed by atoms with E-state index in [1.54, 1.807) is 0 Å². The average Bonchev–Trinajstić information content (AvgIpc) is 3.31. The maximum absolute atomic E-state index is 13.9. The predicted molar refractivity (Wildman–Crippen MR) is 182 cm³/mol. The quantitative estimate of drug-likeness (QED) is 0.169. The first-order valence-corrected chi connectivity index (χ1v) is 18.7. The standard InChI is InChI=1S/C39H70N2O2/c1-12-17-34-35(40(10)11)38(9)29(26-39(34,36(42)43)41(13-2,14-3)15-4)20-21-30-32-23-22-31(28(7)19-16-18-27(5)6)37(32,8)25-24-33(30)38/h20,27-28,30-35H,12-19,21-26H2,1-11H3/p+1/t28-,30+,31-,32+,33+,34?,35?,37-,38+,39?/m1/s1. The van der Waals surface area contributed by atoms with Crippen LogP contribution in [-0.4, -0.2) is 65.8 Å². The van der Waals surface area contributed by atoms with Crippen LogP contribution in [-0.2, 0) is 4.79 Å². The number of fused-ring (bicyclic) bond motifs is 5. The molecule has 0 aromatic carbocycles. The molecule has 0 heterocycles. The third kappa shape index (κ3) is 5.29. The van der Waals surface area contributed by atoms with E-state index in [-0.39, 0.29) is 17.4 Å². The molecule has 10 atom stereocenters. The van der Waals surface area contributed by atoms with Gasteiger partial charge in [0.1, 0.15) is 0 Å². The van der Waals surface area contributed by atoms with Crippen molar-refractivity contribution < 1.29 is 14.4 Å². The lowest BCUT2D eigenvalue weighted by Gasteiger charge is -2.67. The molecule has 3 fully saturated rings. The Labute approximate surface area is 267 Å². The second-order valence-electron chi connectivity index (χ2n) is 17.0. The molecule has 0 spiro atoms. The number of carboxylic acid groups (broad SMARTS) is 1. The molecule has 1 N–H and O–H groups in total. The number of rotatable bonds is 13. The highest BCUT2D eigenvalue weighted by molar-refractivity contribution is 5.79. The molecule has 4 heteroatoms. The van der Waals surface area contributed by atoms with Crippen LogP contribution in [0, 0.1) is 52.3 Å². The second-order valence-corrected chi connectivity index (χ2v) is 17.0. The minimum absolute atomic E-state index is 0.0401. The van der Waals surface area contributed by atoms with Crippen LogP contribution >= 0.6 is 0 Å². The maximum atomic E-state index is 13.9. The van der Waals surface area contributed by atoms with Gasteiger partial charge in [0.2, 0.25) is 5.54 Å². The summed E-state index contributed by atoms with van der Waals surface area (Å²) in [5.74, 6) is 4.30. The summed E-state index contributed by atoms with van der Waals surface area (Å²) >= 11 is 0. The van der Waals surface area contributed by atoms with E-state index in [0.717, 1.165) is 68.5 Å². The monoisotopic (exact) mass is 600 g/mol. The van der Waals surface area contributed by atoms with Gasteiger partial charge in [-0.2, -0.15) is 0 Å². The number of carbonyl (C=O) groups is 1. The fourth-order valence-electron chi connectivity index (χ4n) is 13.0. The molecule has 4 nitrogen and oxygen atoms in total. The third-order valence-electron chi connectivity index (χ3n) is 15.0. The molecular formula is C39H71N2O2+. The van der Waals surface area contributed by atoms with Crippen molar-refractivity contribution in [2.75, 3.05) is 33.7 Å². The molecule has 0 bridgehead atoms. The zero-order chi connectivity index (χ0) is 32.0. The van der Waals surface area contributed by atoms with Gasteiger partial charge in [0.05, 0.1) is 19.6 Å². The Balaban J connectivity index is 1.76. The number of allylic oxidation sites excluding steroid dienone is 1. The maximum Gasteiger partial charge on any atom is 0.366 e. The van der Waals surface area contributed by atoms with Crippen LogP contribution in [0.15, 0.2) is 11.6 Å². The summed E-state index contributed by atoms with van der Waals surface area (Å²) < 4.78 is 0.690. The highest BCUT2D eigenvalue weighted by Crippen LogP contribution is 2.69. The summed E-state index contributed by atoms with van der Waals surface area (Å²) in [4.78, 5) is 16.3. The number of aliphatic carboxylic acids is 1. The summed E-state index contributed by atoms with van der Waals surface area (Å²) in [6.07, 6.45) is 16.2. The van der Waals surface area contributed by atoms with Gasteiger partial charge >= 0.3 is 5.97 Å². The largest absolute Gasteiger partial charge is 0.477 e. The lowest BCUT2D eigenvalue weighted by atomic mass is 9.42. The van der Waals surface area contributed by atoms with E-state index >= 15 is 0 Å². The van der Waals surface area contributed by atoms with E-state index in [9.17, 15) is 9.90 Å². The molecule has 4 aliphatic carbocycles. The third-order valence-corrected chi connectivity index (χ3v) is 15.0. The molecule has 43 heavy (non-hydrogen) atoms. The number of likely N-dealkylation sites (N-methyl/N-ethyl adjacent to an activating group) is 1. The summed E-state index contributed by atoms with van der Waals surface area (Å²) in [7, 11) is 4.54. The fourth-order valence-corrected chi connectivity index (χ4v) is 13.0. The second kappa shape index (κ2) is 13.1. The molecule has 0 aliphatic heterocycles. The summed E-state index contributed by atoms with van der Waals surface area (Å²) in [6, 6.07) is 0.245. The fraction of sp³-hybridized carbons (Fsp3) is 0.923. The SMILES string of the molecule is CCCC1C(N(C)C)[C@@]2(C)C(=CC[C@H]3[C@@H]4CC[C@H]([C@H](C)CCCC(C)C)[C@@]4(C)CC[C@@H]32)CC1(C(=O)O)[N+](CC)(CC)CC. The minimum atomic E-state index is -0.769. The zero-order valence-electron chi connectivity index (χ0n) is 30.3. The van der Waals surface area contributed by atoms with Crippen LogP contribution < -0.4 is 0 Å². The summed E-state index contributed by atoms with van der Waals surface area (Å²) in [5, 5.41) is 11.4. The van der Waals surface area contributed by atoms with Crippen molar-refractivity contribution in [2.24, 2.45) is 52.3 Å². The Bertz CT molecular complexity index is 991. The molecule has 4 rings (SSSR count). The van der Waals surface area contributed by atoms with Crippen LogP contribution in [0.2, 0.25) is 0 Å². The predicted octanol–water partition coefficient (Wildman–Crippen LogP) is 9.29. The average molecular weight is 600 g/mol. The normalized spacial score (nSPS) is 40.2. The molecule has 0 saturated heterocycles. The molecule has 0 amide bonds. The molecular weight excluding hydrogens is 528 g/mol. The highest BCUT2D eigenvalue weighted by Gasteiger charge is 2.71. The van der Waals surface area contributed by atoms with E-state index in [2.05, 4.69) is 87.4 Å². The molecule has 0 aromatic rings. The Morgan fingerprint density at radius 2 is 1.65 bits per heavy atom. The Kier molecular flexibility index (Phi) is 10.7. The Morgan fingerprint density at radius 1 is 1.00 bits per heavy atom. The van der Waals surface area contributed by atoms with Gasteiger partial charge in [-0.05, 0) is 114 Å². The number of quaternary nitrogens is 1. The van der Waals surface area contributed by atoms with E-state index in [0.29, 0.717) is 15.8 Å². The van der Waals surface area contributed by atoms with Gasteiger partial charge in [-0.3, -0.25) is 0 Å². The van der Waals surface area contributed by atoms with Crippen LogP contribution in [0.4, 0.5) is 0 Å². The van der Waals surface area contributed by atoms with Crippen LogP contribution in [0.25, 0.3) is 0 Å². The number of nitrogens with zero attached hydrogens (tertiary/aromatic N) is 2. The van der Waals surface area contributed by atoms with Gasteiger partial charge in [0, 0.05) is 23.8 Å². The van der Waals surface area contributed by atoms with E-state index < -0.39 is 11.5 Å². The molecule has 3 unspecified atom stereocenters. The van der Waals surface area contributed by atoms with Crippen molar-refractivity contribution in [1.29, 1.82) is 0 Å². The number of hydrogen-bond acceptors (Lipinski definition) is 2. The van der Waals surface area contributed by atoms with E-state index in [4.69, 9.17) is 0 Å². The van der Waals surface area contributed by atoms with Crippen molar-refractivity contribution in [3.63, 3.8) is 0 Å². The first-order chi connectivity index (χ1) is 20.2. The van der Waals surface area contributed by atoms with Gasteiger partial charge in [-0.1, -0.05) is 78.9 Å². The molecule has 0 aromatic heterocycles. The first-order valence-electron chi connectivity index (χ1n) is 18.7. The van der Waals surface area contributed by atoms with Gasteiger partial charge in [-0.25, -0.2) is 4.79 Å². The lowest BCUT2D eigenvalue weighted by molar-refractivity contribution is -0.968. The van der Waals surface area contributed by atoms with Gasteiger partial charge in [0.25, 0.3) is 0 Å². The van der Waals surface area contributed by atoms with Gasteiger partial charge in [-0.15, -0.1) is 0 Å². The Hall–Kier alpha value is -0.870. The van der Waals surface area contributed by atoms with Gasteiger partial charge < -0.3 is 14.5 Å². The zero-order valence-corrected chi connectivity index (χ0v) is 30.3. The van der Waals surface area contributed by atoms with Gasteiger partial charge in [0.15, 0.2) is 0 Å². The minimum Gasteiger partial charge on any atom is -0.477 e. The summed E-state index contributed by atoms with van der Waals surface area (Å²) in [5.41, 5.74) is 1.24. The topological polar surface area (TPSA) is 40.5 Å². The number of hydrogen-bond donors (Lipinski definition) is 1. The van der Waals surface area contributed by atoms with E-state index in [1.165, 1.54) is 56.9 Å². The smallest absolute Gasteiger partial charge is 0.366 e. The molecule has 0 radical (unpaired) electrons. The molecule has 4 aliphatic rings. The van der Waals surface area contributed by atoms with Crippen molar-refractivity contribution in [1.82, 2.24) is 4.90 Å². The lowest BCUT2D eigenvalue weighted by Crippen LogP contribution is -2.78. The number of carboxylic acids is 1. The van der Waals surface area contributed by atoms with Crippen molar-refractivity contribution in [2.45, 2.75) is 145 Å².